The molecule has 0 saturated carbocycles. The van der Waals surface area contributed by atoms with Crippen molar-refractivity contribution >= 4 is 11.8 Å². The minimum atomic E-state index is -0.0182. The van der Waals surface area contributed by atoms with E-state index in [0.29, 0.717) is 13.0 Å². The lowest BCUT2D eigenvalue weighted by atomic mass is 10.0. The Hall–Kier alpha value is -1.10. The van der Waals surface area contributed by atoms with E-state index in [-0.39, 0.29) is 23.9 Å². The Labute approximate surface area is 109 Å². The zero-order chi connectivity index (χ0) is 13.5. The average Bonchev–Trinajstić information content (AvgIpc) is 2.28. The van der Waals surface area contributed by atoms with Gasteiger partial charge < -0.3 is 15.5 Å². The molecular weight excluding hydrogens is 230 g/mol. The molecule has 1 heterocycles. The van der Waals surface area contributed by atoms with Crippen molar-refractivity contribution in [1.29, 1.82) is 0 Å². The maximum absolute atomic E-state index is 12.1. The molecule has 2 atom stereocenters. The van der Waals surface area contributed by atoms with Crippen LogP contribution in [0.25, 0.3) is 0 Å². The van der Waals surface area contributed by atoms with Crippen LogP contribution < -0.4 is 10.6 Å². The number of likely N-dealkylation sites (tertiary alicyclic amines) is 1. The van der Waals surface area contributed by atoms with Crippen LogP contribution in [-0.4, -0.2) is 48.4 Å². The molecular formula is C13H25N3O2. The maximum Gasteiger partial charge on any atom is 0.224 e. The Bertz CT molecular complexity index is 294. The van der Waals surface area contributed by atoms with E-state index in [9.17, 15) is 9.59 Å². The van der Waals surface area contributed by atoms with Gasteiger partial charge in [0.1, 0.15) is 0 Å². The number of hydrogen-bond acceptors (Lipinski definition) is 3. The van der Waals surface area contributed by atoms with E-state index >= 15 is 0 Å². The molecule has 1 rings (SSSR count). The molecule has 1 aliphatic heterocycles. The highest BCUT2D eigenvalue weighted by atomic mass is 16.2. The van der Waals surface area contributed by atoms with Gasteiger partial charge in [0.25, 0.3) is 0 Å². The SMILES string of the molecule is CCNC(C)CC(=O)N1CCCC(NC(C)=O)C1. The van der Waals surface area contributed by atoms with Crippen LogP contribution in [0.5, 0.6) is 0 Å². The normalized spacial score (nSPS) is 21.5. The fourth-order valence-electron chi connectivity index (χ4n) is 2.42. The van der Waals surface area contributed by atoms with Crippen molar-refractivity contribution in [3.05, 3.63) is 0 Å². The van der Waals surface area contributed by atoms with Crippen molar-refractivity contribution in [2.24, 2.45) is 0 Å². The van der Waals surface area contributed by atoms with Crippen molar-refractivity contribution in [3.63, 3.8) is 0 Å². The van der Waals surface area contributed by atoms with Gasteiger partial charge in [-0.25, -0.2) is 0 Å². The topological polar surface area (TPSA) is 61.4 Å². The fourth-order valence-corrected chi connectivity index (χ4v) is 2.42. The Morgan fingerprint density at radius 3 is 2.78 bits per heavy atom. The van der Waals surface area contributed by atoms with E-state index in [1.54, 1.807) is 0 Å². The minimum Gasteiger partial charge on any atom is -0.352 e. The van der Waals surface area contributed by atoms with Gasteiger partial charge in [-0.2, -0.15) is 0 Å². The summed E-state index contributed by atoms with van der Waals surface area (Å²) in [5.74, 6) is 0.161. The molecule has 2 amide bonds. The molecule has 0 radical (unpaired) electrons. The first kappa shape index (κ1) is 15.0. The van der Waals surface area contributed by atoms with Crippen molar-refractivity contribution in [1.82, 2.24) is 15.5 Å². The van der Waals surface area contributed by atoms with Crippen molar-refractivity contribution < 1.29 is 9.59 Å². The lowest BCUT2D eigenvalue weighted by Crippen LogP contribution is -2.50. The van der Waals surface area contributed by atoms with Gasteiger partial charge in [0.05, 0.1) is 0 Å². The molecule has 0 aromatic heterocycles. The quantitative estimate of drug-likeness (QED) is 0.752. The maximum atomic E-state index is 12.1. The first-order valence-electron chi connectivity index (χ1n) is 6.81. The molecule has 104 valence electrons. The lowest BCUT2D eigenvalue weighted by molar-refractivity contribution is -0.133. The standard InChI is InChI=1S/C13H25N3O2/c1-4-14-10(2)8-13(18)16-7-5-6-12(9-16)15-11(3)17/h10,12,14H,4-9H2,1-3H3,(H,15,17). The molecule has 0 bridgehead atoms. The van der Waals surface area contributed by atoms with Crippen LogP contribution in [0.3, 0.4) is 0 Å². The molecule has 18 heavy (non-hydrogen) atoms. The van der Waals surface area contributed by atoms with E-state index in [1.165, 1.54) is 6.92 Å². The Kier molecular flexibility index (Phi) is 6.12. The third-order valence-electron chi connectivity index (χ3n) is 3.21. The Morgan fingerprint density at radius 2 is 2.17 bits per heavy atom. The first-order chi connectivity index (χ1) is 8.52. The first-order valence-corrected chi connectivity index (χ1v) is 6.81. The molecule has 1 aliphatic rings. The van der Waals surface area contributed by atoms with E-state index in [4.69, 9.17) is 0 Å². The summed E-state index contributed by atoms with van der Waals surface area (Å²) in [6.07, 6.45) is 2.46. The van der Waals surface area contributed by atoms with Gasteiger partial charge in [-0.1, -0.05) is 6.92 Å². The monoisotopic (exact) mass is 255 g/mol. The van der Waals surface area contributed by atoms with Gasteiger partial charge in [-0.15, -0.1) is 0 Å². The molecule has 5 heteroatoms. The second-order valence-electron chi connectivity index (χ2n) is 5.04. The number of carbonyl (C=O) groups excluding carboxylic acids is 2. The lowest BCUT2D eigenvalue weighted by Gasteiger charge is -2.33. The number of hydrogen-bond donors (Lipinski definition) is 2. The fraction of sp³-hybridized carbons (Fsp3) is 0.846. The average molecular weight is 255 g/mol. The van der Waals surface area contributed by atoms with Gasteiger partial charge in [-0.05, 0) is 26.3 Å². The van der Waals surface area contributed by atoms with Crippen molar-refractivity contribution in [2.45, 2.75) is 52.1 Å². The molecule has 2 unspecified atom stereocenters. The largest absolute Gasteiger partial charge is 0.352 e. The number of carbonyl (C=O) groups is 2. The van der Waals surface area contributed by atoms with E-state index in [2.05, 4.69) is 10.6 Å². The summed E-state index contributed by atoms with van der Waals surface area (Å²) in [5.41, 5.74) is 0. The number of amides is 2. The second kappa shape index (κ2) is 7.36. The summed E-state index contributed by atoms with van der Waals surface area (Å²) >= 11 is 0. The van der Waals surface area contributed by atoms with Crippen LogP contribution in [0.15, 0.2) is 0 Å². The van der Waals surface area contributed by atoms with E-state index < -0.39 is 0 Å². The molecule has 0 spiro atoms. The minimum absolute atomic E-state index is 0.0182. The summed E-state index contributed by atoms with van der Waals surface area (Å²) in [7, 11) is 0. The van der Waals surface area contributed by atoms with Crippen LogP contribution in [-0.2, 0) is 9.59 Å². The van der Waals surface area contributed by atoms with Crippen LogP contribution in [0.2, 0.25) is 0 Å². The van der Waals surface area contributed by atoms with E-state index in [0.717, 1.165) is 25.9 Å². The van der Waals surface area contributed by atoms with Crippen LogP contribution >= 0.6 is 0 Å². The molecule has 0 aromatic carbocycles. The predicted octanol–water partition coefficient (Wildman–Crippen LogP) is 0.502. The zero-order valence-electron chi connectivity index (χ0n) is 11.7. The van der Waals surface area contributed by atoms with Gasteiger partial charge in [0.2, 0.25) is 11.8 Å². The summed E-state index contributed by atoms with van der Waals surface area (Å²) in [5, 5.41) is 6.14. The third kappa shape index (κ3) is 5.04. The molecule has 2 N–H and O–H groups in total. The second-order valence-corrected chi connectivity index (χ2v) is 5.04. The zero-order valence-corrected chi connectivity index (χ0v) is 11.7. The van der Waals surface area contributed by atoms with E-state index in [1.807, 2.05) is 18.7 Å². The molecule has 0 aliphatic carbocycles. The smallest absolute Gasteiger partial charge is 0.224 e. The molecule has 5 nitrogen and oxygen atoms in total. The van der Waals surface area contributed by atoms with Gasteiger partial charge in [0.15, 0.2) is 0 Å². The Morgan fingerprint density at radius 1 is 1.44 bits per heavy atom. The number of piperidine rings is 1. The number of rotatable bonds is 5. The number of nitrogens with zero attached hydrogens (tertiary/aromatic N) is 1. The van der Waals surface area contributed by atoms with Gasteiger partial charge >= 0.3 is 0 Å². The summed E-state index contributed by atoms with van der Waals surface area (Å²) < 4.78 is 0. The molecule has 1 fully saturated rings. The van der Waals surface area contributed by atoms with Crippen LogP contribution in [0, 0.1) is 0 Å². The van der Waals surface area contributed by atoms with Gasteiger partial charge in [-0.3, -0.25) is 9.59 Å². The Balaban J connectivity index is 2.40. The van der Waals surface area contributed by atoms with Crippen molar-refractivity contribution in [2.75, 3.05) is 19.6 Å². The van der Waals surface area contributed by atoms with Crippen molar-refractivity contribution in [3.8, 4) is 0 Å². The molecule has 0 aromatic rings. The highest BCUT2D eigenvalue weighted by Crippen LogP contribution is 2.12. The predicted molar refractivity (Wildman–Crippen MR) is 71.2 cm³/mol. The summed E-state index contributed by atoms with van der Waals surface area (Å²) in [6.45, 7) is 7.92. The summed E-state index contributed by atoms with van der Waals surface area (Å²) in [4.78, 5) is 25.0. The third-order valence-corrected chi connectivity index (χ3v) is 3.21. The summed E-state index contributed by atoms with van der Waals surface area (Å²) in [6, 6.07) is 0.332. The van der Waals surface area contributed by atoms with Crippen LogP contribution in [0.1, 0.15) is 40.0 Å². The molecule has 1 saturated heterocycles. The highest BCUT2D eigenvalue weighted by molar-refractivity contribution is 5.77. The highest BCUT2D eigenvalue weighted by Gasteiger charge is 2.24. The van der Waals surface area contributed by atoms with Crippen LogP contribution in [0.4, 0.5) is 0 Å². The van der Waals surface area contributed by atoms with Gasteiger partial charge in [0, 0.05) is 38.5 Å². The number of nitrogens with one attached hydrogen (secondary N) is 2.